The van der Waals surface area contributed by atoms with Crippen LogP contribution in [0.4, 0.5) is 0 Å². The standard InChI is InChI=1S/C24H32O5/c1-16-6-10-20-23(2,13-5-14-24(20,3)22(27)28-4)18(16)8-7-17-12-15-29-19(17)9-11-21(25)26/h9,11-12,15,18,20H,1,5-8,10,13-14H2,2-4H3,(H,25,26)/b11-9+/t18-,20-,23+,24-/m0/s1. The second kappa shape index (κ2) is 8.21. The van der Waals surface area contributed by atoms with Gasteiger partial charge in [-0.25, -0.2) is 4.79 Å². The van der Waals surface area contributed by atoms with E-state index in [-0.39, 0.29) is 17.3 Å². The molecule has 0 spiro atoms. The molecule has 2 aliphatic carbocycles. The van der Waals surface area contributed by atoms with Crippen LogP contribution in [0.1, 0.15) is 63.7 Å². The molecule has 0 saturated heterocycles. The highest BCUT2D eigenvalue weighted by Crippen LogP contribution is 2.62. The van der Waals surface area contributed by atoms with E-state index in [0.717, 1.165) is 56.6 Å². The summed E-state index contributed by atoms with van der Waals surface area (Å²) in [6.07, 6.45) is 10.8. The molecule has 4 atom stereocenters. The highest BCUT2D eigenvalue weighted by atomic mass is 16.5. The smallest absolute Gasteiger partial charge is 0.328 e. The van der Waals surface area contributed by atoms with Crippen molar-refractivity contribution in [1.82, 2.24) is 0 Å². The summed E-state index contributed by atoms with van der Waals surface area (Å²) in [6, 6.07) is 1.91. The molecule has 29 heavy (non-hydrogen) atoms. The molecule has 2 fully saturated rings. The minimum atomic E-state index is -0.993. The van der Waals surface area contributed by atoms with Gasteiger partial charge in [-0.15, -0.1) is 0 Å². The Balaban J connectivity index is 1.82. The van der Waals surface area contributed by atoms with Gasteiger partial charge in [0.25, 0.3) is 0 Å². The number of carbonyl (C=O) groups is 2. The lowest BCUT2D eigenvalue weighted by Gasteiger charge is -2.57. The second-order valence-corrected chi connectivity index (χ2v) is 9.09. The highest BCUT2D eigenvalue weighted by molar-refractivity contribution is 5.85. The van der Waals surface area contributed by atoms with Gasteiger partial charge in [-0.05, 0) is 80.4 Å². The summed E-state index contributed by atoms with van der Waals surface area (Å²) in [4.78, 5) is 23.5. The number of aliphatic carboxylic acids is 1. The minimum Gasteiger partial charge on any atom is -0.478 e. The molecule has 0 aliphatic heterocycles. The Morgan fingerprint density at radius 3 is 2.83 bits per heavy atom. The molecule has 2 aliphatic rings. The molecule has 1 heterocycles. The zero-order chi connectivity index (χ0) is 21.2. The fourth-order valence-electron chi connectivity index (χ4n) is 6.11. The van der Waals surface area contributed by atoms with Crippen LogP contribution in [-0.4, -0.2) is 24.2 Å². The molecule has 0 unspecified atom stereocenters. The van der Waals surface area contributed by atoms with Crippen LogP contribution in [0.2, 0.25) is 0 Å². The molecule has 0 bridgehead atoms. The number of fused-ring (bicyclic) bond motifs is 1. The quantitative estimate of drug-likeness (QED) is 0.400. The van der Waals surface area contributed by atoms with Crippen LogP contribution in [-0.2, 0) is 20.7 Å². The summed E-state index contributed by atoms with van der Waals surface area (Å²) in [6.45, 7) is 8.80. The molecular weight excluding hydrogens is 368 g/mol. The van der Waals surface area contributed by atoms with Gasteiger partial charge in [-0.1, -0.05) is 25.5 Å². The summed E-state index contributed by atoms with van der Waals surface area (Å²) < 4.78 is 10.7. The number of hydrogen-bond acceptors (Lipinski definition) is 4. The molecule has 0 radical (unpaired) electrons. The summed E-state index contributed by atoms with van der Waals surface area (Å²) in [7, 11) is 1.49. The first-order chi connectivity index (χ1) is 13.7. The van der Waals surface area contributed by atoms with Crippen LogP contribution < -0.4 is 0 Å². The van der Waals surface area contributed by atoms with Crippen molar-refractivity contribution in [2.45, 2.75) is 58.8 Å². The second-order valence-electron chi connectivity index (χ2n) is 9.09. The van der Waals surface area contributed by atoms with Crippen LogP contribution >= 0.6 is 0 Å². The number of esters is 1. The van der Waals surface area contributed by atoms with Crippen molar-refractivity contribution < 1.29 is 23.8 Å². The average molecular weight is 401 g/mol. The fraction of sp³-hybridized carbons (Fsp3) is 0.583. The summed E-state index contributed by atoms with van der Waals surface area (Å²) >= 11 is 0. The number of carboxylic acids is 1. The number of allylic oxidation sites excluding steroid dienone is 1. The Kier molecular flexibility index (Phi) is 6.06. The third-order valence-corrected chi connectivity index (χ3v) is 7.53. The van der Waals surface area contributed by atoms with Crippen molar-refractivity contribution in [3.8, 4) is 0 Å². The van der Waals surface area contributed by atoms with E-state index in [0.29, 0.717) is 11.7 Å². The van der Waals surface area contributed by atoms with Crippen molar-refractivity contribution in [2.24, 2.45) is 22.7 Å². The first-order valence-corrected chi connectivity index (χ1v) is 10.5. The zero-order valence-corrected chi connectivity index (χ0v) is 17.7. The Hall–Kier alpha value is -2.30. The monoisotopic (exact) mass is 400 g/mol. The molecule has 1 N–H and O–H groups in total. The number of rotatable bonds is 6. The van der Waals surface area contributed by atoms with Gasteiger partial charge in [0.15, 0.2) is 0 Å². The number of carbonyl (C=O) groups excluding carboxylic acids is 1. The SMILES string of the molecule is C=C1CC[C@H]2[C@](C)(CCC[C@]2(C)C(=O)OC)[C@H]1CCc1ccoc1/C=C/C(=O)O. The maximum absolute atomic E-state index is 12.7. The van der Waals surface area contributed by atoms with E-state index in [1.54, 1.807) is 6.26 Å². The van der Waals surface area contributed by atoms with Gasteiger partial charge in [0, 0.05) is 6.08 Å². The molecule has 1 aromatic heterocycles. The fourth-order valence-corrected chi connectivity index (χ4v) is 6.11. The van der Waals surface area contributed by atoms with Crippen molar-refractivity contribution in [3.05, 3.63) is 41.9 Å². The van der Waals surface area contributed by atoms with Gasteiger partial charge in [-0.2, -0.15) is 0 Å². The van der Waals surface area contributed by atoms with Gasteiger partial charge in [0.2, 0.25) is 0 Å². The lowest BCUT2D eigenvalue weighted by atomic mass is 9.46. The van der Waals surface area contributed by atoms with E-state index in [1.165, 1.54) is 18.8 Å². The number of aryl methyl sites for hydroxylation is 1. The van der Waals surface area contributed by atoms with E-state index in [2.05, 4.69) is 20.4 Å². The molecule has 5 nitrogen and oxygen atoms in total. The van der Waals surface area contributed by atoms with Crippen molar-refractivity contribution in [2.75, 3.05) is 7.11 Å². The van der Waals surface area contributed by atoms with Gasteiger partial charge >= 0.3 is 11.9 Å². The molecule has 0 aromatic carbocycles. The Morgan fingerprint density at radius 1 is 1.38 bits per heavy atom. The Morgan fingerprint density at radius 2 is 2.14 bits per heavy atom. The van der Waals surface area contributed by atoms with Crippen LogP contribution in [0.25, 0.3) is 6.08 Å². The maximum atomic E-state index is 12.7. The van der Waals surface area contributed by atoms with Gasteiger partial charge in [-0.3, -0.25) is 4.79 Å². The average Bonchev–Trinajstić information content (AvgIpc) is 3.12. The number of methoxy groups -OCH3 is 1. The van der Waals surface area contributed by atoms with Crippen molar-refractivity contribution in [3.63, 3.8) is 0 Å². The molecule has 3 rings (SSSR count). The third kappa shape index (κ3) is 3.92. The highest BCUT2D eigenvalue weighted by Gasteiger charge is 2.57. The van der Waals surface area contributed by atoms with E-state index >= 15 is 0 Å². The molecule has 0 amide bonds. The molecule has 5 heteroatoms. The van der Waals surface area contributed by atoms with Crippen molar-refractivity contribution >= 4 is 18.0 Å². The summed E-state index contributed by atoms with van der Waals surface area (Å²) in [5, 5.41) is 8.87. The third-order valence-electron chi connectivity index (χ3n) is 7.53. The largest absolute Gasteiger partial charge is 0.478 e. The van der Waals surface area contributed by atoms with Crippen LogP contribution in [0.5, 0.6) is 0 Å². The lowest BCUT2D eigenvalue weighted by molar-refractivity contribution is -0.168. The number of furan rings is 1. The first-order valence-electron chi connectivity index (χ1n) is 10.5. The van der Waals surface area contributed by atoms with E-state index in [9.17, 15) is 9.59 Å². The van der Waals surface area contributed by atoms with Crippen molar-refractivity contribution in [1.29, 1.82) is 0 Å². The van der Waals surface area contributed by atoms with Crippen LogP contribution in [0, 0.1) is 22.7 Å². The summed E-state index contributed by atoms with van der Waals surface area (Å²) in [5.41, 5.74) is 1.85. The first kappa shape index (κ1) is 21.4. The zero-order valence-electron chi connectivity index (χ0n) is 17.7. The predicted octanol–water partition coefficient (Wildman–Crippen LogP) is 5.26. The molecular formula is C24H32O5. The molecule has 2 saturated carbocycles. The maximum Gasteiger partial charge on any atom is 0.328 e. The minimum absolute atomic E-state index is 0.0112. The summed E-state index contributed by atoms with van der Waals surface area (Å²) in [5.74, 6) is 0.112. The van der Waals surface area contributed by atoms with E-state index in [1.807, 2.05) is 6.07 Å². The van der Waals surface area contributed by atoms with Crippen LogP contribution in [0.15, 0.2) is 35.0 Å². The molecule has 158 valence electrons. The predicted molar refractivity (Wildman–Crippen MR) is 111 cm³/mol. The Labute approximate surface area is 172 Å². The van der Waals surface area contributed by atoms with Gasteiger partial charge in [0.1, 0.15) is 5.76 Å². The lowest BCUT2D eigenvalue weighted by Crippen LogP contribution is -2.53. The normalized spacial score (nSPS) is 32.2. The van der Waals surface area contributed by atoms with E-state index in [4.69, 9.17) is 14.3 Å². The van der Waals surface area contributed by atoms with Gasteiger partial charge < -0.3 is 14.3 Å². The number of ether oxygens (including phenoxy) is 1. The number of carboxylic acid groups (broad SMARTS) is 1. The van der Waals surface area contributed by atoms with E-state index < -0.39 is 11.4 Å². The molecule has 1 aromatic rings. The Bertz CT molecular complexity index is 819. The van der Waals surface area contributed by atoms with Gasteiger partial charge in [0.05, 0.1) is 18.8 Å². The number of hydrogen-bond donors (Lipinski definition) is 1. The topological polar surface area (TPSA) is 76.7 Å². The van der Waals surface area contributed by atoms with Crippen LogP contribution in [0.3, 0.4) is 0 Å².